The average molecular weight is 561 g/mol. The van der Waals surface area contributed by atoms with Crippen molar-refractivity contribution in [3.8, 4) is 22.9 Å². The van der Waals surface area contributed by atoms with E-state index < -0.39 is 10.9 Å². The number of esters is 1. The third kappa shape index (κ3) is 6.13. The molecule has 0 aliphatic rings. The predicted octanol–water partition coefficient (Wildman–Crippen LogP) is 5.79. The molecule has 10 heteroatoms. The maximum Gasteiger partial charge on any atom is 0.336 e. The zero-order chi connectivity index (χ0) is 29.6. The van der Waals surface area contributed by atoms with E-state index in [1.165, 1.54) is 48.4 Å². The van der Waals surface area contributed by atoms with E-state index in [0.717, 1.165) is 11.1 Å². The molecule has 0 saturated heterocycles. The van der Waals surface area contributed by atoms with Crippen LogP contribution >= 0.6 is 0 Å². The third-order valence-corrected chi connectivity index (χ3v) is 6.24. The van der Waals surface area contributed by atoms with Crippen molar-refractivity contribution in [1.82, 2.24) is 9.66 Å². The van der Waals surface area contributed by atoms with Gasteiger partial charge >= 0.3 is 5.97 Å². The summed E-state index contributed by atoms with van der Waals surface area (Å²) in [5, 5.41) is 15.9. The second kappa shape index (κ2) is 12.1. The number of nitro groups is 1. The Morgan fingerprint density at radius 2 is 1.76 bits per heavy atom. The van der Waals surface area contributed by atoms with Crippen LogP contribution in [0.15, 0.2) is 107 Å². The van der Waals surface area contributed by atoms with Crippen LogP contribution in [0, 0.1) is 17.0 Å². The van der Waals surface area contributed by atoms with Crippen LogP contribution in [-0.2, 0) is 4.79 Å². The van der Waals surface area contributed by atoms with Gasteiger partial charge < -0.3 is 9.47 Å². The molecule has 0 radical (unpaired) electrons. The fourth-order valence-corrected chi connectivity index (χ4v) is 4.22. The first-order valence-corrected chi connectivity index (χ1v) is 12.8. The Bertz CT molecular complexity index is 1940. The zero-order valence-corrected chi connectivity index (χ0v) is 22.6. The molecule has 1 heterocycles. The fourth-order valence-electron chi connectivity index (χ4n) is 4.22. The smallest absolute Gasteiger partial charge is 0.336 e. The summed E-state index contributed by atoms with van der Waals surface area (Å²) in [6.45, 7) is 1.96. The topological polar surface area (TPSA) is 126 Å². The molecule has 4 aromatic carbocycles. The van der Waals surface area contributed by atoms with Crippen molar-refractivity contribution in [2.24, 2.45) is 5.10 Å². The lowest BCUT2D eigenvalue weighted by Gasteiger charge is -2.11. The first-order valence-electron chi connectivity index (χ1n) is 12.8. The summed E-state index contributed by atoms with van der Waals surface area (Å²) in [5.41, 5.74) is 2.97. The Kier molecular flexibility index (Phi) is 7.96. The molecule has 5 aromatic rings. The third-order valence-electron chi connectivity index (χ3n) is 6.24. The van der Waals surface area contributed by atoms with Crippen molar-refractivity contribution >= 4 is 34.9 Å². The van der Waals surface area contributed by atoms with Crippen LogP contribution in [0.25, 0.3) is 28.4 Å². The van der Waals surface area contributed by atoms with E-state index in [0.29, 0.717) is 27.9 Å². The number of hydrogen-bond donors (Lipinski definition) is 0. The standard InChI is InChI=1S/C32H24N4O6/c1-21-7-5-9-24(17-21)31-34-27-12-4-3-11-26(27)32(38)35(31)33-20-23-13-15-28(29(19-23)41-2)42-30(37)16-14-22-8-6-10-25(18-22)36(39)40/h3-20H,1-2H3/b16-14+,33-20?. The zero-order valence-electron chi connectivity index (χ0n) is 22.6. The quantitative estimate of drug-likeness (QED) is 0.0587. The molecular formula is C32H24N4O6. The number of carbonyl (C=O) groups is 1. The van der Waals surface area contributed by atoms with Crippen LogP contribution in [-0.4, -0.2) is 33.9 Å². The van der Waals surface area contributed by atoms with E-state index in [9.17, 15) is 19.7 Å². The highest BCUT2D eigenvalue weighted by molar-refractivity contribution is 5.89. The number of benzene rings is 4. The van der Waals surface area contributed by atoms with Gasteiger partial charge in [-0.1, -0.05) is 48.0 Å². The predicted molar refractivity (Wildman–Crippen MR) is 160 cm³/mol. The molecule has 0 saturated carbocycles. The van der Waals surface area contributed by atoms with Gasteiger partial charge in [-0.3, -0.25) is 14.9 Å². The normalized spacial score (nSPS) is 11.3. The summed E-state index contributed by atoms with van der Waals surface area (Å²) in [6, 6.07) is 25.4. The van der Waals surface area contributed by atoms with Crippen LogP contribution in [0.5, 0.6) is 11.5 Å². The minimum absolute atomic E-state index is 0.0859. The van der Waals surface area contributed by atoms with Crippen LogP contribution in [0.2, 0.25) is 0 Å². The Morgan fingerprint density at radius 1 is 0.952 bits per heavy atom. The summed E-state index contributed by atoms with van der Waals surface area (Å²) in [4.78, 5) is 41.0. The molecule has 0 unspecified atom stereocenters. The summed E-state index contributed by atoms with van der Waals surface area (Å²) in [5.74, 6) is 0.122. The number of rotatable bonds is 8. The van der Waals surface area contributed by atoms with Gasteiger partial charge in [0.1, 0.15) is 0 Å². The molecule has 0 bridgehead atoms. The van der Waals surface area contributed by atoms with E-state index >= 15 is 0 Å². The molecule has 0 amide bonds. The van der Waals surface area contributed by atoms with Gasteiger partial charge in [0.15, 0.2) is 17.3 Å². The van der Waals surface area contributed by atoms with Gasteiger partial charge in [0.2, 0.25) is 0 Å². The van der Waals surface area contributed by atoms with E-state index in [1.54, 1.807) is 42.5 Å². The summed E-state index contributed by atoms with van der Waals surface area (Å²) in [7, 11) is 1.43. The molecule has 0 spiro atoms. The fraction of sp³-hybridized carbons (Fsp3) is 0.0625. The van der Waals surface area contributed by atoms with Crippen molar-refractivity contribution in [1.29, 1.82) is 0 Å². The van der Waals surface area contributed by atoms with E-state index in [4.69, 9.17) is 14.5 Å². The largest absolute Gasteiger partial charge is 0.493 e. The minimum Gasteiger partial charge on any atom is -0.493 e. The molecule has 42 heavy (non-hydrogen) atoms. The van der Waals surface area contributed by atoms with Gasteiger partial charge in [-0.15, -0.1) is 0 Å². The molecule has 208 valence electrons. The number of methoxy groups -OCH3 is 1. The molecule has 5 rings (SSSR count). The summed E-state index contributed by atoms with van der Waals surface area (Å²) < 4.78 is 12.1. The maximum atomic E-state index is 13.4. The number of non-ortho nitro benzene ring substituents is 1. The molecule has 0 N–H and O–H groups in total. The van der Waals surface area contributed by atoms with Crippen LogP contribution in [0.4, 0.5) is 5.69 Å². The van der Waals surface area contributed by atoms with Gasteiger partial charge in [0, 0.05) is 23.8 Å². The molecule has 10 nitrogen and oxygen atoms in total. The van der Waals surface area contributed by atoms with Crippen molar-refractivity contribution < 1.29 is 19.2 Å². The second-order valence-corrected chi connectivity index (χ2v) is 9.20. The molecule has 0 aliphatic heterocycles. The number of para-hydroxylation sites is 1. The number of nitrogens with zero attached hydrogens (tertiary/aromatic N) is 4. The number of aryl methyl sites for hydroxylation is 1. The van der Waals surface area contributed by atoms with Crippen molar-refractivity contribution in [2.45, 2.75) is 6.92 Å². The molecule has 0 atom stereocenters. The van der Waals surface area contributed by atoms with Gasteiger partial charge in [-0.2, -0.15) is 9.78 Å². The Balaban J connectivity index is 1.42. The van der Waals surface area contributed by atoms with E-state index in [-0.39, 0.29) is 22.7 Å². The van der Waals surface area contributed by atoms with Crippen molar-refractivity contribution in [3.63, 3.8) is 0 Å². The lowest BCUT2D eigenvalue weighted by Crippen LogP contribution is -2.20. The highest BCUT2D eigenvalue weighted by Gasteiger charge is 2.13. The number of hydrogen-bond acceptors (Lipinski definition) is 8. The second-order valence-electron chi connectivity index (χ2n) is 9.20. The maximum absolute atomic E-state index is 13.4. The molecule has 1 aromatic heterocycles. The van der Waals surface area contributed by atoms with Crippen LogP contribution in [0.1, 0.15) is 16.7 Å². The lowest BCUT2D eigenvalue weighted by molar-refractivity contribution is -0.384. The lowest BCUT2D eigenvalue weighted by atomic mass is 10.1. The van der Waals surface area contributed by atoms with Crippen molar-refractivity contribution in [3.05, 3.63) is 134 Å². The summed E-state index contributed by atoms with van der Waals surface area (Å²) >= 11 is 0. The monoisotopic (exact) mass is 560 g/mol. The van der Waals surface area contributed by atoms with E-state index in [2.05, 4.69) is 5.10 Å². The van der Waals surface area contributed by atoms with Crippen LogP contribution in [0.3, 0.4) is 0 Å². The first kappa shape index (κ1) is 27.7. The van der Waals surface area contributed by atoms with Crippen LogP contribution < -0.4 is 15.0 Å². The Hall–Kier alpha value is -5.90. The van der Waals surface area contributed by atoms with Gasteiger partial charge in [0.25, 0.3) is 11.2 Å². The minimum atomic E-state index is -0.696. The SMILES string of the molecule is COc1cc(C=Nn2c(-c3cccc(C)c3)nc3ccccc3c2=O)ccc1OC(=O)/C=C/c1cccc([N+](=O)[O-])c1. The number of ether oxygens (including phenoxy) is 2. The Morgan fingerprint density at radius 3 is 2.55 bits per heavy atom. The number of aromatic nitrogens is 2. The molecule has 0 aliphatic carbocycles. The van der Waals surface area contributed by atoms with E-state index in [1.807, 2.05) is 37.3 Å². The molecule has 0 fully saturated rings. The first-order chi connectivity index (χ1) is 20.3. The number of carbonyl (C=O) groups excluding carboxylic acids is 1. The number of fused-ring (bicyclic) bond motifs is 1. The highest BCUT2D eigenvalue weighted by Crippen LogP contribution is 2.28. The summed E-state index contributed by atoms with van der Waals surface area (Å²) in [6.07, 6.45) is 4.08. The highest BCUT2D eigenvalue weighted by atomic mass is 16.6. The number of nitro benzene ring substituents is 1. The Labute approximate surface area is 240 Å². The van der Waals surface area contributed by atoms with Gasteiger partial charge in [-0.05, 0) is 60.5 Å². The average Bonchev–Trinajstić information content (AvgIpc) is 3.00. The van der Waals surface area contributed by atoms with Gasteiger partial charge in [0.05, 0.1) is 29.2 Å². The van der Waals surface area contributed by atoms with Gasteiger partial charge in [-0.25, -0.2) is 9.78 Å². The van der Waals surface area contributed by atoms with Crippen molar-refractivity contribution in [2.75, 3.05) is 7.11 Å². The molecular weight excluding hydrogens is 536 g/mol.